The van der Waals surface area contributed by atoms with E-state index in [2.05, 4.69) is 76.6 Å². The van der Waals surface area contributed by atoms with E-state index >= 15 is 0 Å². The highest BCUT2D eigenvalue weighted by Gasteiger charge is 2.45. The normalized spacial score (nSPS) is 23.5. The van der Waals surface area contributed by atoms with E-state index in [0.717, 1.165) is 49.8 Å². The van der Waals surface area contributed by atoms with E-state index in [1.165, 1.54) is 16.7 Å². The van der Waals surface area contributed by atoms with Crippen molar-refractivity contribution in [2.24, 2.45) is 22.4 Å². The van der Waals surface area contributed by atoms with E-state index in [1.807, 2.05) is 19.1 Å². The topological polar surface area (TPSA) is 58.5 Å². The Labute approximate surface area is 214 Å². The number of hydrogen-bond acceptors (Lipinski definition) is 3. The third-order valence-electron chi connectivity index (χ3n) is 7.33. The van der Waals surface area contributed by atoms with Crippen LogP contribution in [0.25, 0.3) is 0 Å². The largest absolute Gasteiger partial charge is 0.276 e. The van der Waals surface area contributed by atoms with Crippen molar-refractivity contribution in [3.63, 3.8) is 0 Å². The lowest BCUT2D eigenvalue weighted by molar-refractivity contribution is 0.0959. The highest BCUT2D eigenvalue weighted by molar-refractivity contribution is 7.89. The van der Waals surface area contributed by atoms with Crippen LogP contribution in [-0.2, 0) is 10.0 Å². The SMILES string of the molecule is CC(C)=CCC[C@]1(C)[C@@H](CC=C(C)C)CC/C(=N\NS(=O)(=O)c2ccc(C)cc2)[C@H]1CC=C(C)C. The summed E-state index contributed by atoms with van der Waals surface area (Å²) in [6, 6.07) is 6.90. The lowest BCUT2D eigenvalue weighted by atomic mass is 9.56. The molecule has 194 valence electrons. The second kappa shape index (κ2) is 12.7. The molecule has 1 aliphatic rings. The quantitative estimate of drug-likeness (QED) is 0.261. The average Bonchev–Trinajstić information content (AvgIpc) is 2.76. The third-order valence-corrected chi connectivity index (χ3v) is 8.55. The molecule has 1 fully saturated rings. The zero-order valence-electron chi connectivity index (χ0n) is 23.1. The predicted molar refractivity (Wildman–Crippen MR) is 150 cm³/mol. The first kappa shape index (κ1) is 29.1. The number of aryl methyl sites for hydroxylation is 1. The fraction of sp³-hybridized carbons (Fsp3) is 0.567. The molecule has 5 heteroatoms. The molecule has 0 aliphatic heterocycles. The van der Waals surface area contributed by atoms with Gasteiger partial charge in [0.05, 0.1) is 4.90 Å². The van der Waals surface area contributed by atoms with Crippen LogP contribution < -0.4 is 4.83 Å². The Balaban J connectivity index is 2.45. The Kier molecular flexibility index (Phi) is 10.6. The number of nitrogens with one attached hydrogen (secondary N) is 1. The van der Waals surface area contributed by atoms with Crippen LogP contribution in [0.1, 0.15) is 92.6 Å². The highest BCUT2D eigenvalue weighted by atomic mass is 32.2. The Morgan fingerprint density at radius 1 is 0.971 bits per heavy atom. The molecule has 1 aromatic rings. The average molecular weight is 499 g/mol. The fourth-order valence-corrected chi connectivity index (χ4v) is 5.93. The molecule has 0 saturated heterocycles. The minimum atomic E-state index is -3.70. The van der Waals surface area contributed by atoms with Gasteiger partial charge >= 0.3 is 0 Å². The number of benzene rings is 1. The minimum Gasteiger partial charge on any atom is -0.200 e. The summed E-state index contributed by atoms with van der Waals surface area (Å²) in [7, 11) is -3.70. The van der Waals surface area contributed by atoms with Crippen LogP contribution in [0.2, 0.25) is 0 Å². The Hall–Kier alpha value is -2.14. The van der Waals surface area contributed by atoms with Gasteiger partial charge in [-0.25, -0.2) is 4.83 Å². The van der Waals surface area contributed by atoms with E-state index in [1.54, 1.807) is 12.1 Å². The number of hydrazone groups is 1. The van der Waals surface area contributed by atoms with Crippen molar-refractivity contribution in [3.8, 4) is 0 Å². The van der Waals surface area contributed by atoms with Crippen molar-refractivity contribution in [1.82, 2.24) is 4.83 Å². The molecule has 4 nitrogen and oxygen atoms in total. The number of allylic oxidation sites excluding steroid dienone is 6. The zero-order valence-corrected chi connectivity index (χ0v) is 23.9. The molecule has 0 amide bonds. The summed E-state index contributed by atoms with van der Waals surface area (Å²) in [6.45, 7) is 17.2. The lowest BCUT2D eigenvalue weighted by Crippen LogP contribution is -2.44. The highest BCUT2D eigenvalue weighted by Crippen LogP contribution is 2.51. The summed E-state index contributed by atoms with van der Waals surface area (Å²) >= 11 is 0. The maximum absolute atomic E-state index is 13.0. The van der Waals surface area contributed by atoms with Gasteiger partial charge < -0.3 is 0 Å². The van der Waals surface area contributed by atoms with Crippen LogP contribution >= 0.6 is 0 Å². The Bertz CT molecular complexity index is 1070. The van der Waals surface area contributed by atoms with E-state index in [4.69, 9.17) is 0 Å². The van der Waals surface area contributed by atoms with Gasteiger partial charge in [-0.05, 0) is 110 Å². The Morgan fingerprint density at radius 3 is 2.11 bits per heavy atom. The van der Waals surface area contributed by atoms with Crippen LogP contribution in [0.4, 0.5) is 0 Å². The molecular weight excluding hydrogens is 452 g/mol. The molecule has 0 radical (unpaired) electrons. The molecule has 1 saturated carbocycles. The van der Waals surface area contributed by atoms with Crippen LogP contribution in [0.15, 0.2) is 69.2 Å². The molecule has 0 bridgehead atoms. The van der Waals surface area contributed by atoms with Gasteiger partial charge in [-0.1, -0.05) is 59.6 Å². The first-order chi connectivity index (χ1) is 16.3. The van der Waals surface area contributed by atoms with E-state index in [-0.39, 0.29) is 16.2 Å². The van der Waals surface area contributed by atoms with Crippen molar-refractivity contribution in [3.05, 3.63) is 64.8 Å². The maximum atomic E-state index is 13.0. The van der Waals surface area contributed by atoms with E-state index < -0.39 is 10.0 Å². The molecule has 1 aromatic carbocycles. The van der Waals surface area contributed by atoms with Crippen LogP contribution in [-0.4, -0.2) is 14.1 Å². The molecule has 2 rings (SSSR count). The van der Waals surface area contributed by atoms with Gasteiger partial charge in [-0.2, -0.15) is 13.5 Å². The second-order valence-corrected chi connectivity index (χ2v) is 12.8. The summed E-state index contributed by atoms with van der Waals surface area (Å²) in [6.07, 6.45) is 12.8. The number of rotatable bonds is 10. The van der Waals surface area contributed by atoms with Crippen LogP contribution in [0.3, 0.4) is 0 Å². The molecule has 0 unspecified atom stereocenters. The van der Waals surface area contributed by atoms with Gasteiger partial charge in [0, 0.05) is 11.6 Å². The van der Waals surface area contributed by atoms with Gasteiger partial charge in [-0.15, -0.1) is 0 Å². The van der Waals surface area contributed by atoms with Gasteiger partial charge in [0.25, 0.3) is 10.0 Å². The monoisotopic (exact) mass is 498 g/mol. The van der Waals surface area contributed by atoms with E-state index in [9.17, 15) is 8.42 Å². The molecule has 0 aromatic heterocycles. The molecule has 3 atom stereocenters. The van der Waals surface area contributed by atoms with Crippen LogP contribution in [0, 0.1) is 24.2 Å². The zero-order chi connectivity index (χ0) is 26.2. The molecule has 35 heavy (non-hydrogen) atoms. The molecule has 0 heterocycles. The first-order valence-corrected chi connectivity index (χ1v) is 14.4. The van der Waals surface area contributed by atoms with Crippen molar-refractivity contribution < 1.29 is 8.42 Å². The van der Waals surface area contributed by atoms with Crippen molar-refractivity contribution in [1.29, 1.82) is 0 Å². The smallest absolute Gasteiger partial charge is 0.200 e. The standard InChI is InChI=1S/C30H46N2O2S/c1-22(2)10-9-21-30(8)26(15-11-23(3)4)16-20-29(28(30)19-12-24(5)6)31-32-35(33,34)27-17-13-25(7)14-18-27/h10-14,17-18,26,28,32H,9,15-16,19-21H2,1-8H3/b31-29+/t26-,28+,30+/m0/s1. The molecule has 1 aliphatic carbocycles. The van der Waals surface area contributed by atoms with Crippen molar-refractivity contribution >= 4 is 15.7 Å². The van der Waals surface area contributed by atoms with Crippen LogP contribution in [0.5, 0.6) is 0 Å². The lowest BCUT2D eigenvalue weighted by Gasteiger charge is -2.48. The number of sulfonamides is 1. The minimum absolute atomic E-state index is 0.0240. The first-order valence-electron chi connectivity index (χ1n) is 12.9. The van der Waals surface area contributed by atoms with Crippen molar-refractivity contribution in [2.75, 3.05) is 0 Å². The van der Waals surface area contributed by atoms with Gasteiger partial charge in [0.15, 0.2) is 0 Å². The molecular formula is C30H46N2O2S. The molecule has 0 spiro atoms. The summed E-state index contributed by atoms with van der Waals surface area (Å²) in [5, 5.41) is 4.60. The van der Waals surface area contributed by atoms with E-state index in [0.29, 0.717) is 5.92 Å². The maximum Gasteiger partial charge on any atom is 0.276 e. The summed E-state index contributed by atoms with van der Waals surface area (Å²) in [5.74, 6) is 0.721. The summed E-state index contributed by atoms with van der Waals surface area (Å²) < 4.78 is 25.9. The molecule has 1 N–H and O–H groups in total. The van der Waals surface area contributed by atoms with Gasteiger partial charge in [0.2, 0.25) is 0 Å². The van der Waals surface area contributed by atoms with Gasteiger partial charge in [-0.3, -0.25) is 0 Å². The third kappa shape index (κ3) is 8.49. The predicted octanol–water partition coefficient (Wildman–Crippen LogP) is 8.12. The Morgan fingerprint density at radius 2 is 1.54 bits per heavy atom. The fourth-order valence-electron chi connectivity index (χ4n) is 5.09. The number of hydrogen-bond donors (Lipinski definition) is 1. The second-order valence-electron chi connectivity index (χ2n) is 11.2. The van der Waals surface area contributed by atoms with Gasteiger partial charge in [0.1, 0.15) is 0 Å². The van der Waals surface area contributed by atoms with Crippen molar-refractivity contribution in [2.45, 2.75) is 98.8 Å². The summed E-state index contributed by atoms with van der Waals surface area (Å²) in [5.41, 5.74) is 6.00. The summed E-state index contributed by atoms with van der Waals surface area (Å²) in [4.78, 5) is 2.82. The number of nitrogens with zero attached hydrogens (tertiary/aromatic N) is 1.